The molecule has 0 aliphatic heterocycles. The number of aliphatic hydroxyl groups excluding tert-OH is 2. The topological polar surface area (TPSA) is 115 Å². The van der Waals surface area contributed by atoms with Crippen molar-refractivity contribution in [2.24, 2.45) is 80.8 Å². The highest BCUT2D eigenvalue weighted by Gasteiger charge is 2.66. The van der Waals surface area contributed by atoms with E-state index < -0.39 is 44.7 Å². The van der Waals surface area contributed by atoms with Crippen molar-refractivity contribution in [3.8, 4) is 0 Å². The molecule has 72 heavy (non-hydrogen) atoms. The van der Waals surface area contributed by atoms with Crippen LogP contribution in [0.5, 0.6) is 0 Å². The van der Waals surface area contributed by atoms with Gasteiger partial charge in [0.05, 0.1) is 22.4 Å². The second-order valence-electron chi connectivity index (χ2n) is 26.1. The SMILES string of the molecule is C.C[C@H](O)CC([C@@H](C)[C@H]1CC[C@H]2[C@@H]3CC=C4C[C@](O)(C(F)(F)F)CC[C@]4(C)[C@H]3CC[C@]12C)S(=O)(=O)c1ccccc1.C[C@H](O)CC[C@@H](C)[C@H]1CC[C@H]2[C@@H]3CC=C4C[C@](O)(C(F)(F)F)CC[C@]4(C)[C@H]3CC[C@]12C. The fraction of sp³-hybridized carbons (Fsp3) is 0.831. The third kappa shape index (κ3) is 9.77. The van der Waals surface area contributed by atoms with Gasteiger partial charge in [-0.1, -0.05) is 90.5 Å². The molecule has 6 nitrogen and oxygen atoms in total. The number of aliphatic hydroxyl groups is 4. The van der Waals surface area contributed by atoms with Gasteiger partial charge in [0.1, 0.15) is 0 Å². The summed E-state index contributed by atoms with van der Waals surface area (Å²) < 4.78 is 109. The summed E-state index contributed by atoms with van der Waals surface area (Å²) in [5.74, 6) is 3.95. The summed E-state index contributed by atoms with van der Waals surface area (Å²) in [7, 11) is -3.65. The quantitative estimate of drug-likeness (QED) is 0.137. The summed E-state index contributed by atoms with van der Waals surface area (Å²) >= 11 is 0. The van der Waals surface area contributed by atoms with E-state index in [1.54, 1.807) is 37.3 Å². The van der Waals surface area contributed by atoms with Gasteiger partial charge >= 0.3 is 12.4 Å². The molecule has 6 fully saturated rings. The fourth-order valence-electron chi connectivity index (χ4n) is 18.4. The lowest BCUT2D eigenvalue weighted by Crippen LogP contribution is -2.56. The largest absolute Gasteiger partial charge is 0.417 e. The highest BCUT2D eigenvalue weighted by molar-refractivity contribution is 7.92. The molecule has 8 aliphatic carbocycles. The van der Waals surface area contributed by atoms with E-state index in [2.05, 4.69) is 47.6 Å². The molecule has 19 atom stereocenters. The number of rotatable bonds is 10. The minimum absolute atomic E-state index is 0. The van der Waals surface area contributed by atoms with E-state index in [0.29, 0.717) is 64.6 Å². The summed E-state index contributed by atoms with van der Waals surface area (Å²) in [4.78, 5) is 0.296. The summed E-state index contributed by atoms with van der Waals surface area (Å²) in [6, 6.07) is 8.54. The molecule has 0 saturated heterocycles. The van der Waals surface area contributed by atoms with Crippen LogP contribution < -0.4 is 0 Å². The Morgan fingerprint density at radius 3 is 1.47 bits per heavy atom. The van der Waals surface area contributed by atoms with Crippen LogP contribution in [0, 0.1) is 80.8 Å². The fourth-order valence-corrected chi connectivity index (χ4v) is 20.5. The molecule has 0 bridgehead atoms. The van der Waals surface area contributed by atoms with E-state index in [1.165, 1.54) is 12.8 Å². The van der Waals surface area contributed by atoms with Gasteiger partial charge < -0.3 is 20.4 Å². The minimum Gasteiger partial charge on any atom is -0.393 e. The van der Waals surface area contributed by atoms with Crippen LogP contribution in [-0.2, 0) is 9.84 Å². The lowest BCUT2D eigenvalue weighted by atomic mass is 9.46. The van der Waals surface area contributed by atoms with Crippen molar-refractivity contribution in [2.75, 3.05) is 0 Å². The molecule has 6 saturated carbocycles. The van der Waals surface area contributed by atoms with E-state index in [4.69, 9.17) is 0 Å². The zero-order chi connectivity index (χ0) is 52.1. The number of fused-ring (bicyclic) bond motifs is 10. The van der Waals surface area contributed by atoms with Gasteiger partial charge in [0.25, 0.3) is 0 Å². The van der Waals surface area contributed by atoms with Crippen molar-refractivity contribution < 1.29 is 55.2 Å². The van der Waals surface area contributed by atoms with Crippen LogP contribution in [0.4, 0.5) is 26.3 Å². The van der Waals surface area contributed by atoms with Crippen molar-refractivity contribution in [1.29, 1.82) is 0 Å². The molecule has 1 aromatic carbocycles. The number of halogens is 6. The normalized spacial score (nSPS) is 42.6. The summed E-state index contributed by atoms with van der Waals surface area (Å²) in [5.41, 5.74) is -3.83. The number of hydrogen-bond donors (Lipinski definition) is 4. The maximum Gasteiger partial charge on any atom is 0.417 e. The molecule has 4 N–H and O–H groups in total. The van der Waals surface area contributed by atoms with E-state index in [9.17, 15) is 55.2 Å². The third-order valence-electron chi connectivity index (χ3n) is 22.5. The van der Waals surface area contributed by atoms with Crippen molar-refractivity contribution in [3.63, 3.8) is 0 Å². The van der Waals surface area contributed by atoms with Crippen LogP contribution in [0.1, 0.15) is 185 Å². The molecule has 0 spiro atoms. The molecular weight excluding hydrogens is 951 g/mol. The second-order valence-corrected chi connectivity index (χ2v) is 28.3. The van der Waals surface area contributed by atoms with E-state index in [0.717, 1.165) is 75.4 Å². The van der Waals surface area contributed by atoms with Crippen LogP contribution in [0.3, 0.4) is 0 Å². The van der Waals surface area contributed by atoms with Gasteiger partial charge in [-0.05, 0) is 216 Å². The molecule has 9 rings (SSSR count). The lowest BCUT2D eigenvalue weighted by molar-refractivity contribution is -0.271. The van der Waals surface area contributed by atoms with Crippen LogP contribution in [-0.4, -0.2) is 69.9 Å². The zero-order valence-corrected chi connectivity index (χ0v) is 44.6. The predicted molar refractivity (Wildman–Crippen MR) is 272 cm³/mol. The first kappa shape index (κ1) is 57.8. The molecule has 0 amide bonds. The van der Waals surface area contributed by atoms with Crippen LogP contribution in [0.15, 0.2) is 58.5 Å². The maximum atomic E-state index is 13.9. The minimum atomic E-state index is -4.63. The van der Waals surface area contributed by atoms with Crippen molar-refractivity contribution >= 4 is 9.84 Å². The number of benzene rings is 1. The van der Waals surface area contributed by atoms with Gasteiger partial charge in [-0.3, -0.25) is 0 Å². The van der Waals surface area contributed by atoms with Gasteiger partial charge in [-0.15, -0.1) is 0 Å². The lowest BCUT2D eigenvalue weighted by Gasteiger charge is -2.59. The van der Waals surface area contributed by atoms with Gasteiger partial charge in [-0.2, -0.15) is 26.3 Å². The number of allylic oxidation sites excluding steroid dienone is 2. The summed E-state index contributed by atoms with van der Waals surface area (Å²) in [5, 5.41) is 40.2. The first-order valence-electron chi connectivity index (χ1n) is 27.5. The van der Waals surface area contributed by atoms with Gasteiger partial charge in [0.15, 0.2) is 21.0 Å². The highest BCUT2D eigenvalue weighted by atomic mass is 32.2. The molecule has 0 heterocycles. The Hall–Kier alpha value is -1.93. The zero-order valence-electron chi connectivity index (χ0n) is 43.8. The van der Waals surface area contributed by atoms with E-state index in [1.807, 2.05) is 13.0 Å². The first-order chi connectivity index (χ1) is 32.9. The second kappa shape index (κ2) is 20.1. The predicted octanol–water partition coefficient (Wildman–Crippen LogP) is 14.4. The molecule has 0 radical (unpaired) electrons. The van der Waals surface area contributed by atoms with Crippen LogP contribution >= 0.6 is 0 Å². The van der Waals surface area contributed by atoms with Crippen molar-refractivity contribution in [2.45, 2.75) is 231 Å². The average Bonchev–Trinajstić information content (AvgIpc) is 3.84. The van der Waals surface area contributed by atoms with Crippen molar-refractivity contribution in [3.05, 3.63) is 53.6 Å². The highest BCUT2D eigenvalue weighted by Crippen LogP contribution is 2.70. The molecule has 410 valence electrons. The monoisotopic (exact) mass is 1040 g/mol. The van der Waals surface area contributed by atoms with E-state index in [-0.39, 0.29) is 79.6 Å². The Kier molecular flexibility index (Phi) is 16.2. The number of sulfone groups is 1. The number of hydrogen-bond acceptors (Lipinski definition) is 6. The van der Waals surface area contributed by atoms with Gasteiger partial charge in [0, 0.05) is 12.8 Å². The average molecular weight is 1040 g/mol. The Balaban J connectivity index is 0.000000215. The molecular formula is C59H90F6O6S. The Bertz CT molecular complexity index is 2250. The Morgan fingerprint density at radius 2 is 1.04 bits per heavy atom. The maximum absolute atomic E-state index is 13.9. The van der Waals surface area contributed by atoms with Crippen molar-refractivity contribution in [1.82, 2.24) is 0 Å². The molecule has 0 aromatic heterocycles. The first-order valence-corrected chi connectivity index (χ1v) is 29.0. The summed E-state index contributed by atoms with van der Waals surface area (Å²) in [6.45, 7) is 17.0. The molecule has 1 unspecified atom stereocenters. The standard InChI is InChI=1S/C32H45F3O4S.C26H41F3O2.CH4/c1-20(36)18-28(40(38,39)23-8-6-5-7-9-23)21(2)25-12-13-26-24-11-10-22-19-31(37,32(33,34)35)17-16-29(22,3)27(24)14-15-30(25,26)4;1-16(5-6-17(2)30)20-9-10-21-19-8-7-18-15-25(31,26(27,28)29)14-13-23(18,3)22(19)11-12-24(20,21)4;/h5-10,20-21,24-28,36-37H,11-19H2,1-4H3;7,16-17,19-22,30-31H,5-6,8-15H2,1-4H3;1H4/t20-,21-,24-,25+,26-,27-,28?,29-,30+,31-;16-,17+,19+,20-,21+,22+,23+,24-,25+;/m01./s1. The van der Waals surface area contributed by atoms with Gasteiger partial charge in [0.2, 0.25) is 0 Å². The van der Waals surface area contributed by atoms with Crippen LogP contribution in [0.2, 0.25) is 0 Å². The molecule has 1 aromatic rings. The third-order valence-corrected chi connectivity index (χ3v) is 24.9. The molecule has 8 aliphatic rings. The van der Waals surface area contributed by atoms with E-state index >= 15 is 0 Å². The number of alkyl halides is 6. The Morgan fingerprint density at radius 1 is 0.597 bits per heavy atom. The smallest absolute Gasteiger partial charge is 0.393 e. The van der Waals surface area contributed by atoms with Gasteiger partial charge in [-0.25, -0.2) is 8.42 Å². The Labute approximate surface area is 428 Å². The molecule has 13 heteroatoms. The van der Waals surface area contributed by atoms with Crippen LogP contribution in [0.25, 0.3) is 0 Å². The summed E-state index contributed by atoms with van der Waals surface area (Å²) in [6.07, 6.45) is 5.90.